The summed E-state index contributed by atoms with van der Waals surface area (Å²) in [6.45, 7) is 5.14. The standard InChI is InChI=1S/C15H25N3O6S/c1-3-18(12-5-10-25(22,23)11-12)14(20)13(19)16-6-8-17(9-7-16)15(21)24-4-2/h12H,3-11H2,1-2H3. The van der Waals surface area contributed by atoms with Crippen molar-refractivity contribution in [1.29, 1.82) is 0 Å². The fraction of sp³-hybridized carbons (Fsp3) is 0.800. The predicted octanol–water partition coefficient (Wildman–Crippen LogP) is -0.677. The van der Waals surface area contributed by atoms with E-state index in [4.69, 9.17) is 4.74 Å². The summed E-state index contributed by atoms with van der Waals surface area (Å²) in [7, 11) is -3.13. The van der Waals surface area contributed by atoms with E-state index in [2.05, 4.69) is 0 Å². The third-order valence-electron chi connectivity index (χ3n) is 4.53. The number of ether oxygens (including phenoxy) is 1. The van der Waals surface area contributed by atoms with Crippen molar-refractivity contribution in [1.82, 2.24) is 14.7 Å². The van der Waals surface area contributed by atoms with Gasteiger partial charge in [-0.1, -0.05) is 0 Å². The monoisotopic (exact) mass is 375 g/mol. The second kappa shape index (κ2) is 8.03. The number of sulfone groups is 1. The average molecular weight is 375 g/mol. The smallest absolute Gasteiger partial charge is 0.409 e. The van der Waals surface area contributed by atoms with Crippen molar-refractivity contribution in [2.24, 2.45) is 0 Å². The molecule has 0 N–H and O–H groups in total. The van der Waals surface area contributed by atoms with E-state index in [1.54, 1.807) is 13.8 Å². The summed E-state index contributed by atoms with van der Waals surface area (Å²) < 4.78 is 28.2. The summed E-state index contributed by atoms with van der Waals surface area (Å²) in [5, 5.41) is 0. The molecule has 2 aliphatic heterocycles. The molecule has 142 valence electrons. The van der Waals surface area contributed by atoms with Gasteiger partial charge in [0.25, 0.3) is 0 Å². The first-order chi connectivity index (χ1) is 11.8. The van der Waals surface area contributed by atoms with Gasteiger partial charge in [-0.05, 0) is 20.3 Å². The van der Waals surface area contributed by atoms with E-state index >= 15 is 0 Å². The predicted molar refractivity (Wildman–Crippen MR) is 89.6 cm³/mol. The molecule has 2 aliphatic rings. The zero-order valence-electron chi connectivity index (χ0n) is 14.6. The molecule has 1 unspecified atom stereocenters. The number of carbonyl (C=O) groups excluding carboxylic acids is 3. The molecule has 25 heavy (non-hydrogen) atoms. The topological polar surface area (TPSA) is 104 Å². The quantitative estimate of drug-likeness (QED) is 0.606. The fourth-order valence-corrected chi connectivity index (χ4v) is 4.88. The molecule has 0 bridgehead atoms. The molecule has 0 saturated carbocycles. The molecule has 3 amide bonds. The molecule has 0 radical (unpaired) electrons. The Hall–Kier alpha value is -1.84. The number of likely N-dealkylation sites (N-methyl/N-ethyl adjacent to an activating group) is 1. The number of amides is 3. The van der Waals surface area contributed by atoms with E-state index in [0.717, 1.165) is 0 Å². The third kappa shape index (κ3) is 4.62. The highest BCUT2D eigenvalue weighted by molar-refractivity contribution is 7.91. The van der Waals surface area contributed by atoms with Crippen LogP contribution in [-0.2, 0) is 24.2 Å². The number of rotatable bonds is 3. The lowest BCUT2D eigenvalue weighted by atomic mass is 10.2. The van der Waals surface area contributed by atoms with Crippen LogP contribution >= 0.6 is 0 Å². The van der Waals surface area contributed by atoms with E-state index in [1.165, 1.54) is 14.7 Å². The van der Waals surface area contributed by atoms with Gasteiger partial charge in [0.05, 0.1) is 18.1 Å². The Kier molecular flexibility index (Phi) is 6.26. The van der Waals surface area contributed by atoms with Gasteiger partial charge in [0.15, 0.2) is 9.84 Å². The number of piperazine rings is 1. The average Bonchev–Trinajstić information content (AvgIpc) is 2.94. The second-order valence-corrected chi connectivity index (χ2v) is 8.35. The Balaban J connectivity index is 1.93. The Morgan fingerprint density at radius 2 is 1.68 bits per heavy atom. The second-order valence-electron chi connectivity index (χ2n) is 6.13. The van der Waals surface area contributed by atoms with Crippen LogP contribution in [0.1, 0.15) is 20.3 Å². The highest BCUT2D eigenvalue weighted by Gasteiger charge is 2.38. The molecule has 10 heteroatoms. The molecule has 0 aliphatic carbocycles. The third-order valence-corrected chi connectivity index (χ3v) is 6.28. The van der Waals surface area contributed by atoms with Crippen LogP contribution < -0.4 is 0 Å². The minimum Gasteiger partial charge on any atom is -0.450 e. The maximum absolute atomic E-state index is 12.5. The number of nitrogens with zero attached hydrogens (tertiary/aromatic N) is 3. The van der Waals surface area contributed by atoms with Crippen LogP contribution in [0, 0.1) is 0 Å². The van der Waals surface area contributed by atoms with Crippen molar-refractivity contribution < 1.29 is 27.5 Å². The molecule has 2 fully saturated rings. The van der Waals surface area contributed by atoms with Gasteiger partial charge in [0.2, 0.25) is 0 Å². The first kappa shape index (κ1) is 19.5. The van der Waals surface area contributed by atoms with Crippen molar-refractivity contribution in [3.05, 3.63) is 0 Å². The minimum absolute atomic E-state index is 0.0495. The van der Waals surface area contributed by atoms with Gasteiger partial charge < -0.3 is 19.4 Å². The minimum atomic E-state index is -3.13. The zero-order chi connectivity index (χ0) is 18.6. The normalized spacial score (nSPS) is 22.6. The molecular weight excluding hydrogens is 350 g/mol. The van der Waals surface area contributed by atoms with Crippen LogP contribution in [-0.4, -0.2) is 97.9 Å². The van der Waals surface area contributed by atoms with Gasteiger partial charge in [0.1, 0.15) is 0 Å². The van der Waals surface area contributed by atoms with Crippen LogP contribution in [0.3, 0.4) is 0 Å². The summed E-state index contributed by atoms with van der Waals surface area (Å²) in [4.78, 5) is 40.9. The number of hydrogen-bond donors (Lipinski definition) is 0. The van der Waals surface area contributed by atoms with Crippen LogP contribution in [0.2, 0.25) is 0 Å². The lowest BCUT2D eigenvalue weighted by Crippen LogP contribution is -2.55. The summed E-state index contributed by atoms with van der Waals surface area (Å²) in [5.74, 6) is -1.35. The Morgan fingerprint density at radius 3 is 2.16 bits per heavy atom. The molecule has 2 heterocycles. The number of hydrogen-bond acceptors (Lipinski definition) is 6. The van der Waals surface area contributed by atoms with Crippen LogP contribution in [0.4, 0.5) is 4.79 Å². The van der Waals surface area contributed by atoms with E-state index in [-0.39, 0.29) is 37.7 Å². The van der Waals surface area contributed by atoms with Crippen molar-refractivity contribution in [2.45, 2.75) is 26.3 Å². The molecular formula is C15H25N3O6S. The molecule has 0 aromatic heterocycles. The first-order valence-corrected chi connectivity index (χ1v) is 10.3. The molecule has 9 nitrogen and oxygen atoms in total. The SMILES string of the molecule is CCOC(=O)N1CCN(C(=O)C(=O)N(CC)C2CCS(=O)(=O)C2)CC1. The van der Waals surface area contributed by atoms with Crippen LogP contribution in [0.25, 0.3) is 0 Å². The molecule has 0 aromatic rings. The maximum atomic E-state index is 12.5. The largest absolute Gasteiger partial charge is 0.450 e. The van der Waals surface area contributed by atoms with E-state index < -0.39 is 33.8 Å². The lowest BCUT2D eigenvalue weighted by molar-refractivity contribution is -0.153. The summed E-state index contributed by atoms with van der Waals surface area (Å²) in [5.41, 5.74) is 0. The van der Waals surface area contributed by atoms with E-state index in [1.807, 2.05) is 0 Å². The van der Waals surface area contributed by atoms with Crippen molar-refractivity contribution in [3.8, 4) is 0 Å². The highest BCUT2D eigenvalue weighted by Crippen LogP contribution is 2.18. The van der Waals surface area contributed by atoms with E-state index in [0.29, 0.717) is 19.5 Å². The fourth-order valence-electron chi connectivity index (χ4n) is 3.15. The van der Waals surface area contributed by atoms with Crippen molar-refractivity contribution >= 4 is 27.7 Å². The summed E-state index contributed by atoms with van der Waals surface area (Å²) in [6.07, 6.45) is -0.0569. The van der Waals surface area contributed by atoms with Gasteiger partial charge in [-0.25, -0.2) is 13.2 Å². The van der Waals surface area contributed by atoms with Gasteiger partial charge in [-0.3, -0.25) is 9.59 Å². The van der Waals surface area contributed by atoms with Gasteiger partial charge in [-0.15, -0.1) is 0 Å². The first-order valence-electron chi connectivity index (χ1n) is 8.51. The summed E-state index contributed by atoms with van der Waals surface area (Å²) in [6, 6.07) is -0.438. The zero-order valence-corrected chi connectivity index (χ0v) is 15.5. The molecule has 2 saturated heterocycles. The van der Waals surface area contributed by atoms with Crippen molar-refractivity contribution in [3.63, 3.8) is 0 Å². The van der Waals surface area contributed by atoms with Crippen LogP contribution in [0.15, 0.2) is 0 Å². The van der Waals surface area contributed by atoms with Gasteiger partial charge in [0, 0.05) is 38.8 Å². The highest BCUT2D eigenvalue weighted by atomic mass is 32.2. The summed E-state index contributed by atoms with van der Waals surface area (Å²) >= 11 is 0. The Morgan fingerprint density at radius 1 is 1.08 bits per heavy atom. The molecule has 2 rings (SSSR count). The molecule has 0 spiro atoms. The van der Waals surface area contributed by atoms with E-state index in [9.17, 15) is 22.8 Å². The van der Waals surface area contributed by atoms with Gasteiger partial charge in [-0.2, -0.15) is 0 Å². The lowest BCUT2D eigenvalue weighted by Gasteiger charge is -2.35. The van der Waals surface area contributed by atoms with Crippen molar-refractivity contribution in [2.75, 3.05) is 50.8 Å². The van der Waals surface area contributed by atoms with Crippen LogP contribution in [0.5, 0.6) is 0 Å². The Labute approximate surface area is 147 Å². The van der Waals surface area contributed by atoms with Gasteiger partial charge >= 0.3 is 17.9 Å². The molecule has 0 aromatic carbocycles. The maximum Gasteiger partial charge on any atom is 0.409 e. The Bertz CT molecular complexity index is 627. The molecule has 1 atom stereocenters. The number of carbonyl (C=O) groups is 3.